The van der Waals surface area contributed by atoms with Crippen LogP contribution in [0, 0.1) is 0 Å². The molecule has 2 amide bonds. The summed E-state index contributed by atoms with van der Waals surface area (Å²) >= 11 is 0. The Hall–Kier alpha value is -3.16. The number of carbonyl (C=O) groups is 2. The van der Waals surface area contributed by atoms with Crippen molar-refractivity contribution in [1.29, 1.82) is 0 Å². The largest absolute Gasteiger partial charge is 0.382 e. The van der Waals surface area contributed by atoms with E-state index in [1.54, 1.807) is 28.8 Å². The smallest absolute Gasteiger partial charge is 0.272 e. The summed E-state index contributed by atoms with van der Waals surface area (Å²) in [6.45, 7) is 3.88. The van der Waals surface area contributed by atoms with Crippen LogP contribution in [0.2, 0.25) is 0 Å². The molecule has 0 spiro atoms. The topological polar surface area (TPSA) is 88.8 Å². The number of aryl methyl sites for hydroxylation is 1. The molecule has 1 unspecified atom stereocenters. The van der Waals surface area contributed by atoms with Gasteiger partial charge in [-0.3, -0.25) is 19.2 Å². The second-order valence-corrected chi connectivity index (χ2v) is 6.51. The molecule has 1 saturated heterocycles. The summed E-state index contributed by atoms with van der Waals surface area (Å²) in [5.74, 6) is 0.350. The first-order valence-corrected chi connectivity index (χ1v) is 8.83. The van der Waals surface area contributed by atoms with Crippen molar-refractivity contribution in [3.05, 3.63) is 42.1 Å². The van der Waals surface area contributed by atoms with Crippen molar-refractivity contribution >= 4 is 29.0 Å². The zero-order valence-electron chi connectivity index (χ0n) is 15.7. The minimum Gasteiger partial charge on any atom is -0.382 e. The molecule has 27 heavy (non-hydrogen) atoms. The van der Waals surface area contributed by atoms with Crippen LogP contribution < -0.4 is 10.2 Å². The van der Waals surface area contributed by atoms with Crippen molar-refractivity contribution in [2.24, 2.45) is 12.2 Å². The molecular weight excluding hydrogens is 346 g/mol. The second kappa shape index (κ2) is 8.03. The molecule has 1 aromatic heterocycles. The molecule has 2 heterocycles. The number of nitrogens with one attached hydrogen (secondary N) is 1. The number of oxime groups is 1. The molecule has 0 bridgehead atoms. The van der Waals surface area contributed by atoms with Gasteiger partial charge in [-0.1, -0.05) is 17.3 Å². The quantitative estimate of drug-likeness (QED) is 0.647. The molecule has 8 nitrogen and oxygen atoms in total. The SMILES string of the molecule is CC(=O)Nc1cccc(/C(C)=N/OC2CCCN(c3ccn(C)n3)C2=O)c1. The Kier molecular flexibility index (Phi) is 5.54. The molecule has 142 valence electrons. The number of benzene rings is 1. The monoisotopic (exact) mass is 369 g/mol. The number of anilines is 2. The zero-order chi connectivity index (χ0) is 19.4. The van der Waals surface area contributed by atoms with Gasteiger partial charge in [-0.05, 0) is 31.9 Å². The predicted molar refractivity (Wildman–Crippen MR) is 103 cm³/mol. The summed E-state index contributed by atoms with van der Waals surface area (Å²) in [6.07, 6.45) is 2.61. The van der Waals surface area contributed by atoms with Crippen LogP contribution >= 0.6 is 0 Å². The van der Waals surface area contributed by atoms with Gasteiger partial charge in [0.25, 0.3) is 5.91 Å². The Labute approximate surface area is 157 Å². The van der Waals surface area contributed by atoms with Crippen molar-refractivity contribution in [3.63, 3.8) is 0 Å². The zero-order valence-corrected chi connectivity index (χ0v) is 15.7. The van der Waals surface area contributed by atoms with Crippen molar-refractivity contribution < 1.29 is 14.4 Å². The van der Waals surface area contributed by atoms with Gasteiger partial charge >= 0.3 is 0 Å². The number of amides is 2. The van der Waals surface area contributed by atoms with Gasteiger partial charge in [0.1, 0.15) is 0 Å². The van der Waals surface area contributed by atoms with Crippen LogP contribution in [-0.4, -0.2) is 40.0 Å². The van der Waals surface area contributed by atoms with Crippen molar-refractivity contribution in [3.8, 4) is 0 Å². The Balaban J connectivity index is 1.69. The molecule has 1 atom stereocenters. The maximum absolute atomic E-state index is 12.7. The third-order valence-electron chi connectivity index (χ3n) is 4.28. The number of nitrogens with zero attached hydrogens (tertiary/aromatic N) is 4. The third kappa shape index (κ3) is 4.52. The van der Waals surface area contributed by atoms with E-state index in [-0.39, 0.29) is 11.8 Å². The highest BCUT2D eigenvalue weighted by Crippen LogP contribution is 2.21. The fourth-order valence-corrected chi connectivity index (χ4v) is 2.93. The summed E-state index contributed by atoms with van der Waals surface area (Å²) in [5.41, 5.74) is 2.13. The van der Waals surface area contributed by atoms with Crippen LogP contribution in [-0.2, 0) is 21.5 Å². The average molecular weight is 369 g/mol. The molecule has 0 aliphatic carbocycles. The highest BCUT2D eigenvalue weighted by atomic mass is 16.6. The van der Waals surface area contributed by atoms with E-state index in [1.807, 2.05) is 31.3 Å². The van der Waals surface area contributed by atoms with E-state index in [2.05, 4.69) is 15.6 Å². The summed E-state index contributed by atoms with van der Waals surface area (Å²) in [7, 11) is 1.81. The average Bonchev–Trinajstić information content (AvgIpc) is 3.06. The second-order valence-electron chi connectivity index (χ2n) is 6.51. The first-order chi connectivity index (χ1) is 12.9. The molecule has 3 rings (SSSR count). The Morgan fingerprint density at radius 2 is 2.15 bits per heavy atom. The standard InChI is InChI=1S/C19H23N5O3/c1-13(15-6-4-7-16(12-15)20-14(2)25)22-27-17-8-5-10-24(19(17)26)18-9-11-23(3)21-18/h4,6-7,9,11-12,17H,5,8,10H2,1-3H3,(H,20,25)/b22-13+. The fraction of sp³-hybridized carbons (Fsp3) is 0.368. The molecule has 0 saturated carbocycles. The van der Waals surface area contributed by atoms with E-state index in [0.717, 1.165) is 12.0 Å². The van der Waals surface area contributed by atoms with Gasteiger partial charge < -0.3 is 10.2 Å². The van der Waals surface area contributed by atoms with Gasteiger partial charge in [-0.25, -0.2) is 0 Å². The van der Waals surface area contributed by atoms with E-state index in [9.17, 15) is 9.59 Å². The summed E-state index contributed by atoms with van der Waals surface area (Å²) < 4.78 is 1.66. The normalized spacial score (nSPS) is 17.7. The van der Waals surface area contributed by atoms with E-state index >= 15 is 0 Å². The van der Waals surface area contributed by atoms with Crippen LogP contribution in [0.25, 0.3) is 0 Å². The van der Waals surface area contributed by atoms with Gasteiger partial charge in [0.2, 0.25) is 12.0 Å². The summed E-state index contributed by atoms with van der Waals surface area (Å²) in [6, 6.07) is 9.12. The number of carbonyl (C=O) groups excluding carboxylic acids is 2. The van der Waals surface area contributed by atoms with Gasteiger partial charge in [0.05, 0.1) is 5.71 Å². The molecule has 8 heteroatoms. The molecule has 1 aromatic carbocycles. The fourth-order valence-electron chi connectivity index (χ4n) is 2.93. The van der Waals surface area contributed by atoms with Crippen LogP contribution in [0.1, 0.15) is 32.3 Å². The van der Waals surface area contributed by atoms with Gasteiger partial charge in [0, 0.05) is 44.0 Å². The van der Waals surface area contributed by atoms with Crippen molar-refractivity contribution in [2.45, 2.75) is 32.8 Å². The first-order valence-electron chi connectivity index (χ1n) is 8.83. The molecule has 2 aromatic rings. The Morgan fingerprint density at radius 1 is 1.33 bits per heavy atom. The van der Waals surface area contributed by atoms with E-state index in [4.69, 9.17) is 4.84 Å². The number of aromatic nitrogens is 2. The van der Waals surface area contributed by atoms with Gasteiger partial charge in [0.15, 0.2) is 5.82 Å². The maximum atomic E-state index is 12.7. The van der Waals surface area contributed by atoms with Crippen LogP contribution in [0.15, 0.2) is 41.7 Å². The highest BCUT2D eigenvalue weighted by Gasteiger charge is 2.32. The number of hydrogen-bond acceptors (Lipinski definition) is 5. The molecule has 1 aliphatic heterocycles. The van der Waals surface area contributed by atoms with Crippen LogP contribution in [0.5, 0.6) is 0 Å². The van der Waals surface area contributed by atoms with E-state index in [0.29, 0.717) is 30.2 Å². The number of hydrogen-bond donors (Lipinski definition) is 1. The van der Waals surface area contributed by atoms with Crippen molar-refractivity contribution in [2.75, 3.05) is 16.8 Å². The maximum Gasteiger partial charge on any atom is 0.272 e. The van der Waals surface area contributed by atoms with E-state index < -0.39 is 6.10 Å². The lowest BCUT2D eigenvalue weighted by atomic mass is 10.1. The number of rotatable bonds is 5. The minimum atomic E-state index is -0.630. The minimum absolute atomic E-state index is 0.136. The Bertz CT molecular complexity index is 874. The lowest BCUT2D eigenvalue weighted by molar-refractivity contribution is -0.132. The summed E-state index contributed by atoms with van der Waals surface area (Å²) in [5, 5.41) is 11.2. The van der Waals surface area contributed by atoms with Crippen molar-refractivity contribution in [1.82, 2.24) is 9.78 Å². The van der Waals surface area contributed by atoms with Crippen LogP contribution in [0.4, 0.5) is 11.5 Å². The van der Waals surface area contributed by atoms with E-state index in [1.165, 1.54) is 6.92 Å². The van der Waals surface area contributed by atoms with Gasteiger partial charge in [-0.2, -0.15) is 5.10 Å². The summed E-state index contributed by atoms with van der Waals surface area (Å²) in [4.78, 5) is 31.1. The molecule has 0 radical (unpaired) electrons. The number of piperidine rings is 1. The van der Waals surface area contributed by atoms with Crippen LogP contribution in [0.3, 0.4) is 0 Å². The molecule has 1 fully saturated rings. The molecule has 1 aliphatic rings. The van der Waals surface area contributed by atoms with Gasteiger partial charge in [-0.15, -0.1) is 0 Å². The predicted octanol–water partition coefficient (Wildman–Crippen LogP) is 2.31. The molecular formula is C19H23N5O3. The highest BCUT2D eigenvalue weighted by molar-refractivity contribution is 6.00. The lowest BCUT2D eigenvalue weighted by Crippen LogP contribution is -2.45. The molecule has 1 N–H and O–H groups in total. The first kappa shape index (κ1) is 18.6. The Morgan fingerprint density at radius 3 is 2.85 bits per heavy atom. The third-order valence-corrected chi connectivity index (χ3v) is 4.28. The lowest BCUT2D eigenvalue weighted by Gasteiger charge is -2.29.